The predicted octanol–water partition coefficient (Wildman–Crippen LogP) is 2.36. The number of carbonyl (C=O) groups excluding carboxylic acids is 1. The fourth-order valence-electron chi connectivity index (χ4n) is 2.18. The Morgan fingerprint density at radius 3 is 2.44 bits per heavy atom. The first-order chi connectivity index (χ1) is 7.59. The van der Waals surface area contributed by atoms with Crippen molar-refractivity contribution in [3.05, 3.63) is 0 Å². The minimum Gasteiger partial charge on any atom is -0.481 e. The lowest BCUT2D eigenvalue weighted by Gasteiger charge is -2.27. The van der Waals surface area contributed by atoms with Crippen LogP contribution in [-0.4, -0.2) is 23.1 Å². The molecule has 1 N–H and O–H groups in total. The van der Waals surface area contributed by atoms with Gasteiger partial charge in [0.2, 0.25) is 0 Å². The molecule has 0 aromatic rings. The fourth-order valence-corrected chi connectivity index (χ4v) is 2.18. The van der Waals surface area contributed by atoms with Crippen molar-refractivity contribution in [2.24, 2.45) is 5.92 Å². The monoisotopic (exact) mass is 228 g/mol. The Kier molecular flexibility index (Phi) is 5.29. The molecule has 0 aromatic carbocycles. The molecule has 1 rings (SSSR count). The zero-order valence-electron chi connectivity index (χ0n) is 9.78. The van der Waals surface area contributed by atoms with Gasteiger partial charge in [-0.1, -0.05) is 19.3 Å². The topological polar surface area (TPSA) is 63.6 Å². The highest BCUT2D eigenvalue weighted by molar-refractivity contribution is 5.76. The molecule has 92 valence electrons. The van der Waals surface area contributed by atoms with Crippen molar-refractivity contribution in [3.63, 3.8) is 0 Å². The van der Waals surface area contributed by atoms with Gasteiger partial charge in [0.15, 0.2) is 0 Å². The molecule has 0 heterocycles. The molecule has 1 atom stereocenters. The van der Waals surface area contributed by atoms with Crippen LogP contribution in [-0.2, 0) is 14.3 Å². The fraction of sp³-hybridized carbons (Fsp3) is 0.833. The van der Waals surface area contributed by atoms with E-state index in [2.05, 4.69) is 0 Å². The highest BCUT2D eigenvalue weighted by Gasteiger charge is 2.23. The summed E-state index contributed by atoms with van der Waals surface area (Å²) in [5.74, 6) is -0.884. The first-order valence-electron chi connectivity index (χ1n) is 6.01. The standard InChI is InChI=1S/C12H20O4/c1-9(10-5-3-2-4-6-10)16-12(15)8-7-11(13)14/h9-10H,2-8H2,1H3,(H,13,14). The summed E-state index contributed by atoms with van der Waals surface area (Å²) in [6.07, 6.45) is 5.70. The van der Waals surface area contributed by atoms with Gasteiger partial charge in [0, 0.05) is 0 Å². The van der Waals surface area contributed by atoms with Gasteiger partial charge in [0.25, 0.3) is 0 Å². The maximum Gasteiger partial charge on any atom is 0.306 e. The highest BCUT2D eigenvalue weighted by Crippen LogP contribution is 2.27. The molecule has 1 aliphatic rings. The molecule has 4 heteroatoms. The SMILES string of the molecule is CC(OC(=O)CCC(=O)O)C1CCCCC1. The van der Waals surface area contributed by atoms with Crippen molar-refractivity contribution >= 4 is 11.9 Å². The molecule has 0 aromatic heterocycles. The Labute approximate surface area is 96.0 Å². The number of carboxylic acid groups (broad SMARTS) is 1. The molecule has 0 bridgehead atoms. The third-order valence-electron chi connectivity index (χ3n) is 3.17. The maximum absolute atomic E-state index is 11.3. The normalized spacial score (nSPS) is 19.1. The van der Waals surface area contributed by atoms with Crippen molar-refractivity contribution in [1.29, 1.82) is 0 Å². The van der Waals surface area contributed by atoms with E-state index in [9.17, 15) is 9.59 Å². The van der Waals surface area contributed by atoms with Crippen molar-refractivity contribution in [3.8, 4) is 0 Å². The Hall–Kier alpha value is -1.06. The zero-order chi connectivity index (χ0) is 12.0. The zero-order valence-corrected chi connectivity index (χ0v) is 9.78. The first-order valence-corrected chi connectivity index (χ1v) is 6.01. The van der Waals surface area contributed by atoms with E-state index in [0.717, 1.165) is 12.8 Å². The summed E-state index contributed by atoms with van der Waals surface area (Å²) >= 11 is 0. The number of hydrogen-bond acceptors (Lipinski definition) is 3. The van der Waals surface area contributed by atoms with Gasteiger partial charge in [-0.15, -0.1) is 0 Å². The van der Waals surface area contributed by atoms with Crippen LogP contribution in [0.2, 0.25) is 0 Å². The minimum atomic E-state index is -0.956. The molecule has 0 saturated heterocycles. The number of hydrogen-bond donors (Lipinski definition) is 1. The lowest BCUT2D eigenvalue weighted by atomic mass is 9.86. The molecule has 1 saturated carbocycles. The second-order valence-corrected chi connectivity index (χ2v) is 4.49. The van der Waals surface area contributed by atoms with Crippen LogP contribution in [0.15, 0.2) is 0 Å². The lowest BCUT2D eigenvalue weighted by molar-refractivity contribution is -0.154. The van der Waals surface area contributed by atoms with Crippen LogP contribution in [0.3, 0.4) is 0 Å². The van der Waals surface area contributed by atoms with Crippen LogP contribution in [0.5, 0.6) is 0 Å². The summed E-state index contributed by atoms with van der Waals surface area (Å²) in [6, 6.07) is 0. The number of carboxylic acids is 1. The molecule has 1 fully saturated rings. The maximum atomic E-state index is 11.3. The van der Waals surface area contributed by atoms with Gasteiger partial charge in [0.05, 0.1) is 12.8 Å². The number of ether oxygens (including phenoxy) is 1. The summed E-state index contributed by atoms with van der Waals surface area (Å²) in [6.45, 7) is 1.91. The van der Waals surface area contributed by atoms with Gasteiger partial charge in [0.1, 0.15) is 6.10 Å². The van der Waals surface area contributed by atoms with E-state index >= 15 is 0 Å². The highest BCUT2D eigenvalue weighted by atomic mass is 16.5. The largest absolute Gasteiger partial charge is 0.481 e. The van der Waals surface area contributed by atoms with E-state index in [1.807, 2.05) is 6.92 Å². The number of aliphatic carboxylic acids is 1. The van der Waals surface area contributed by atoms with Crippen LogP contribution in [0.25, 0.3) is 0 Å². The van der Waals surface area contributed by atoms with Gasteiger partial charge in [-0.05, 0) is 25.7 Å². The van der Waals surface area contributed by atoms with Crippen molar-refractivity contribution in [2.45, 2.75) is 58.0 Å². The van der Waals surface area contributed by atoms with E-state index in [0.29, 0.717) is 5.92 Å². The van der Waals surface area contributed by atoms with Crippen LogP contribution in [0.1, 0.15) is 51.9 Å². The molecular weight excluding hydrogens is 208 g/mol. The quantitative estimate of drug-likeness (QED) is 0.734. The van der Waals surface area contributed by atoms with E-state index in [1.165, 1.54) is 19.3 Å². The van der Waals surface area contributed by atoms with Crippen molar-refractivity contribution in [1.82, 2.24) is 0 Å². The Morgan fingerprint density at radius 2 is 1.88 bits per heavy atom. The number of rotatable bonds is 5. The third-order valence-corrected chi connectivity index (χ3v) is 3.17. The molecule has 1 aliphatic carbocycles. The minimum absolute atomic E-state index is 0.0214. The molecule has 1 unspecified atom stereocenters. The van der Waals surface area contributed by atoms with Crippen LogP contribution >= 0.6 is 0 Å². The molecule has 16 heavy (non-hydrogen) atoms. The van der Waals surface area contributed by atoms with Crippen LogP contribution in [0, 0.1) is 5.92 Å². The number of carbonyl (C=O) groups is 2. The van der Waals surface area contributed by atoms with Gasteiger partial charge < -0.3 is 9.84 Å². The molecule has 0 spiro atoms. The average Bonchev–Trinajstić information content (AvgIpc) is 2.27. The molecule has 0 aliphatic heterocycles. The first kappa shape index (κ1) is 13.0. The lowest BCUT2D eigenvalue weighted by Crippen LogP contribution is -2.26. The predicted molar refractivity (Wildman–Crippen MR) is 59.0 cm³/mol. The Balaban J connectivity index is 2.23. The van der Waals surface area contributed by atoms with E-state index in [1.54, 1.807) is 0 Å². The van der Waals surface area contributed by atoms with Crippen molar-refractivity contribution in [2.75, 3.05) is 0 Å². The second kappa shape index (κ2) is 6.51. The smallest absolute Gasteiger partial charge is 0.306 e. The van der Waals surface area contributed by atoms with Gasteiger partial charge in [-0.3, -0.25) is 9.59 Å². The summed E-state index contributed by atoms with van der Waals surface area (Å²) in [5, 5.41) is 8.44. The van der Waals surface area contributed by atoms with E-state index in [-0.39, 0.29) is 24.9 Å². The molecule has 0 radical (unpaired) electrons. The summed E-state index contributed by atoms with van der Waals surface area (Å²) < 4.78 is 5.24. The third kappa shape index (κ3) is 4.64. The molecular formula is C12H20O4. The summed E-state index contributed by atoms with van der Waals surface area (Å²) in [7, 11) is 0. The summed E-state index contributed by atoms with van der Waals surface area (Å²) in [5.41, 5.74) is 0. The van der Waals surface area contributed by atoms with Gasteiger partial charge in [-0.2, -0.15) is 0 Å². The second-order valence-electron chi connectivity index (χ2n) is 4.49. The van der Waals surface area contributed by atoms with Crippen LogP contribution < -0.4 is 0 Å². The molecule has 0 amide bonds. The van der Waals surface area contributed by atoms with Gasteiger partial charge in [-0.25, -0.2) is 0 Å². The summed E-state index contributed by atoms with van der Waals surface area (Å²) in [4.78, 5) is 21.6. The average molecular weight is 228 g/mol. The Bertz CT molecular complexity index is 243. The number of esters is 1. The Morgan fingerprint density at radius 1 is 1.25 bits per heavy atom. The molecule has 4 nitrogen and oxygen atoms in total. The van der Waals surface area contributed by atoms with E-state index < -0.39 is 5.97 Å². The van der Waals surface area contributed by atoms with Crippen LogP contribution in [0.4, 0.5) is 0 Å². The van der Waals surface area contributed by atoms with Crippen molar-refractivity contribution < 1.29 is 19.4 Å². The van der Waals surface area contributed by atoms with E-state index in [4.69, 9.17) is 9.84 Å². The van der Waals surface area contributed by atoms with Gasteiger partial charge >= 0.3 is 11.9 Å².